The Labute approximate surface area is 136 Å². The van der Waals surface area contributed by atoms with Gasteiger partial charge < -0.3 is 5.32 Å². The molecule has 2 aromatic rings. The molecule has 0 aliphatic carbocycles. The Morgan fingerprint density at radius 3 is 2.71 bits per heavy atom. The minimum atomic E-state index is -0.362. The summed E-state index contributed by atoms with van der Waals surface area (Å²) in [7, 11) is 0. The van der Waals surface area contributed by atoms with Crippen LogP contribution in [0.4, 0.5) is 11.4 Å². The van der Waals surface area contributed by atoms with Crippen molar-refractivity contribution in [3.63, 3.8) is 0 Å². The highest BCUT2D eigenvalue weighted by Gasteiger charge is 2.22. The molecule has 0 aliphatic heterocycles. The molecule has 0 bridgehead atoms. The molecule has 1 N–H and O–H groups in total. The summed E-state index contributed by atoms with van der Waals surface area (Å²) in [5, 5.41) is 16.4. The van der Waals surface area contributed by atoms with Crippen molar-refractivity contribution in [2.75, 3.05) is 11.9 Å². The molecule has 0 unspecified atom stereocenters. The molecule has 0 fully saturated rings. The summed E-state index contributed by atoms with van der Waals surface area (Å²) in [5.41, 5.74) is 1.66. The molecule has 0 saturated carbocycles. The van der Waals surface area contributed by atoms with Gasteiger partial charge in [-0.3, -0.25) is 10.1 Å². The molecule has 112 valence electrons. The standard InChI is InChI=1S/C15H17BrN2O2S/c1-10-7-12(11(16)8-13(10)18(19)20)17-9-15(2,3)14-5-4-6-21-14/h4-8,17H,9H2,1-3H3. The fraction of sp³-hybridized carbons (Fsp3) is 0.333. The number of hydrogen-bond donors (Lipinski definition) is 1. The van der Waals surface area contributed by atoms with Gasteiger partial charge in [0.15, 0.2) is 0 Å². The quantitative estimate of drug-likeness (QED) is 0.588. The molecule has 21 heavy (non-hydrogen) atoms. The number of anilines is 1. The van der Waals surface area contributed by atoms with Gasteiger partial charge in [-0.05, 0) is 40.4 Å². The van der Waals surface area contributed by atoms with E-state index >= 15 is 0 Å². The third kappa shape index (κ3) is 3.63. The normalized spacial score (nSPS) is 11.4. The topological polar surface area (TPSA) is 55.2 Å². The second kappa shape index (κ2) is 6.15. The number of aryl methyl sites for hydroxylation is 1. The van der Waals surface area contributed by atoms with E-state index < -0.39 is 0 Å². The molecule has 2 rings (SSSR count). The molecule has 6 heteroatoms. The minimum absolute atomic E-state index is 0.00326. The van der Waals surface area contributed by atoms with Crippen LogP contribution in [0.2, 0.25) is 0 Å². The number of nitro groups is 1. The predicted molar refractivity (Wildman–Crippen MR) is 91.4 cm³/mol. The van der Waals surface area contributed by atoms with Crippen LogP contribution in [0, 0.1) is 17.0 Å². The van der Waals surface area contributed by atoms with E-state index in [-0.39, 0.29) is 16.0 Å². The van der Waals surface area contributed by atoms with Crippen molar-refractivity contribution in [3.05, 3.63) is 54.7 Å². The monoisotopic (exact) mass is 368 g/mol. The average Bonchev–Trinajstić information content (AvgIpc) is 2.93. The van der Waals surface area contributed by atoms with Crippen LogP contribution >= 0.6 is 27.3 Å². The zero-order valence-electron chi connectivity index (χ0n) is 12.1. The van der Waals surface area contributed by atoms with Crippen LogP contribution in [0.15, 0.2) is 34.1 Å². The molecule has 4 nitrogen and oxygen atoms in total. The van der Waals surface area contributed by atoms with Crippen molar-refractivity contribution < 1.29 is 4.92 Å². The Hall–Kier alpha value is -1.40. The summed E-state index contributed by atoms with van der Waals surface area (Å²) >= 11 is 5.14. The van der Waals surface area contributed by atoms with Crippen LogP contribution in [0.1, 0.15) is 24.3 Å². The smallest absolute Gasteiger partial charge is 0.273 e. The van der Waals surface area contributed by atoms with E-state index in [0.717, 1.165) is 12.2 Å². The largest absolute Gasteiger partial charge is 0.383 e. The molecular formula is C15H17BrN2O2S. The van der Waals surface area contributed by atoms with Gasteiger partial charge in [0.25, 0.3) is 5.69 Å². The number of halogens is 1. The van der Waals surface area contributed by atoms with Crippen LogP contribution in [0.5, 0.6) is 0 Å². The second-order valence-electron chi connectivity index (χ2n) is 5.59. The number of nitrogens with one attached hydrogen (secondary N) is 1. The Morgan fingerprint density at radius 1 is 1.43 bits per heavy atom. The Bertz CT molecular complexity index is 654. The van der Waals surface area contributed by atoms with Gasteiger partial charge in [0.1, 0.15) is 0 Å². The fourth-order valence-corrected chi connectivity index (χ4v) is 3.39. The van der Waals surface area contributed by atoms with E-state index in [4.69, 9.17) is 0 Å². The lowest BCUT2D eigenvalue weighted by atomic mass is 9.91. The molecule has 0 radical (unpaired) electrons. The lowest BCUT2D eigenvalue weighted by Crippen LogP contribution is -2.26. The van der Waals surface area contributed by atoms with E-state index in [1.165, 1.54) is 4.88 Å². The molecule has 1 aromatic heterocycles. The molecule has 0 atom stereocenters. The predicted octanol–water partition coefficient (Wildman–Crippen LogP) is 5.12. The van der Waals surface area contributed by atoms with E-state index in [1.54, 1.807) is 24.3 Å². The Kier molecular flexibility index (Phi) is 4.68. The highest BCUT2D eigenvalue weighted by atomic mass is 79.9. The maximum atomic E-state index is 10.9. The molecular weight excluding hydrogens is 352 g/mol. The molecule has 0 saturated heterocycles. The summed E-state index contributed by atoms with van der Waals surface area (Å²) < 4.78 is 0.710. The van der Waals surface area contributed by atoms with Gasteiger partial charge in [-0.15, -0.1) is 11.3 Å². The maximum absolute atomic E-state index is 10.9. The van der Waals surface area contributed by atoms with Crippen molar-refractivity contribution in [1.29, 1.82) is 0 Å². The van der Waals surface area contributed by atoms with Gasteiger partial charge in [-0.2, -0.15) is 0 Å². The van der Waals surface area contributed by atoms with E-state index in [2.05, 4.69) is 46.5 Å². The third-order valence-corrected chi connectivity index (χ3v) is 5.28. The fourth-order valence-electron chi connectivity index (χ4n) is 2.07. The van der Waals surface area contributed by atoms with Crippen molar-refractivity contribution in [3.8, 4) is 0 Å². The first-order valence-corrected chi connectivity index (χ1v) is 8.21. The van der Waals surface area contributed by atoms with Crippen LogP contribution in [0.25, 0.3) is 0 Å². The summed E-state index contributed by atoms with van der Waals surface area (Å²) in [4.78, 5) is 11.9. The number of nitro benzene ring substituents is 1. The highest BCUT2D eigenvalue weighted by Crippen LogP contribution is 2.33. The first-order chi connectivity index (χ1) is 9.81. The molecule has 0 amide bonds. The van der Waals surface area contributed by atoms with Gasteiger partial charge in [-0.25, -0.2) is 0 Å². The molecule has 1 aromatic carbocycles. The zero-order chi connectivity index (χ0) is 15.6. The van der Waals surface area contributed by atoms with Crippen molar-refractivity contribution in [1.82, 2.24) is 0 Å². The summed E-state index contributed by atoms with van der Waals surface area (Å²) in [5.74, 6) is 0. The summed E-state index contributed by atoms with van der Waals surface area (Å²) in [6.45, 7) is 6.86. The first kappa shape index (κ1) is 16.0. The molecule has 1 heterocycles. The number of benzene rings is 1. The average molecular weight is 369 g/mol. The van der Waals surface area contributed by atoms with Gasteiger partial charge in [0.2, 0.25) is 0 Å². The number of thiophene rings is 1. The van der Waals surface area contributed by atoms with Crippen molar-refractivity contribution in [2.45, 2.75) is 26.2 Å². The van der Waals surface area contributed by atoms with Gasteiger partial charge in [0.05, 0.1) is 4.92 Å². The van der Waals surface area contributed by atoms with Crippen LogP contribution in [0.3, 0.4) is 0 Å². The van der Waals surface area contributed by atoms with Gasteiger partial charge >= 0.3 is 0 Å². The van der Waals surface area contributed by atoms with Crippen molar-refractivity contribution >= 4 is 38.6 Å². The van der Waals surface area contributed by atoms with Crippen LogP contribution in [-0.2, 0) is 5.41 Å². The minimum Gasteiger partial charge on any atom is -0.383 e. The van der Waals surface area contributed by atoms with E-state index in [0.29, 0.717) is 10.0 Å². The van der Waals surface area contributed by atoms with E-state index in [1.807, 2.05) is 12.1 Å². The number of rotatable bonds is 5. The third-order valence-electron chi connectivity index (χ3n) is 3.39. The lowest BCUT2D eigenvalue weighted by Gasteiger charge is -2.24. The Balaban J connectivity index is 2.17. The second-order valence-corrected chi connectivity index (χ2v) is 7.39. The SMILES string of the molecule is Cc1cc(NCC(C)(C)c2cccs2)c(Br)cc1[N+](=O)[O-]. The maximum Gasteiger partial charge on any atom is 0.273 e. The summed E-state index contributed by atoms with van der Waals surface area (Å²) in [6.07, 6.45) is 0. The van der Waals surface area contributed by atoms with Crippen molar-refractivity contribution in [2.24, 2.45) is 0 Å². The van der Waals surface area contributed by atoms with Gasteiger partial charge in [0, 0.05) is 38.6 Å². The van der Waals surface area contributed by atoms with Gasteiger partial charge in [-0.1, -0.05) is 19.9 Å². The lowest BCUT2D eigenvalue weighted by molar-refractivity contribution is -0.385. The zero-order valence-corrected chi connectivity index (χ0v) is 14.5. The van der Waals surface area contributed by atoms with Crippen LogP contribution < -0.4 is 5.32 Å². The van der Waals surface area contributed by atoms with Crippen LogP contribution in [-0.4, -0.2) is 11.5 Å². The highest BCUT2D eigenvalue weighted by molar-refractivity contribution is 9.10. The number of hydrogen-bond acceptors (Lipinski definition) is 4. The number of nitrogens with zero attached hydrogens (tertiary/aromatic N) is 1. The summed E-state index contributed by atoms with van der Waals surface area (Å²) in [6, 6.07) is 7.54. The first-order valence-electron chi connectivity index (χ1n) is 6.53. The molecule has 0 aliphatic rings. The molecule has 0 spiro atoms. The van der Waals surface area contributed by atoms with E-state index in [9.17, 15) is 10.1 Å². The Morgan fingerprint density at radius 2 is 2.14 bits per heavy atom.